The van der Waals surface area contributed by atoms with Crippen molar-refractivity contribution in [3.8, 4) is 0 Å². The van der Waals surface area contributed by atoms with E-state index in [2.05, 4.69) is 56.7 Å². The quantitative estimate of drug-likeness (QED) is 0.608. The number of thiophene rings is 1. The Bertz CT molecular complexity index is 546. The Balaban J connectivity index is 1.80. The summed E-state index contributed by atoms with van der Waals surface area (Å²) in [4.78, 5) is 9.17. The number of hydrogen-bond donors (Lipinski definition) is 2. The molecule has 0 aliphatic heterocycles. The zero-order chi connectivity index (χ0) is 14.9. The van der Waals surface area contributed by atoms with Crippen LogP contribution in [0.3, 0.4) is 0 Å². The Morgan fingerprint density at radius 2 is 2.19 bits per heavy atom. The second-order valence-electron chi connectivity index (χ2n) is 4.59. The molecule has 2 aromatic rings. The summed E-state index contributed by atoms with van der Waals surface area (Å²) in [6, 6.07) is 2.11. The molecule has 0 amide bonds. The van der Waals surface area contributed by atoms with E-state index in [-0.39, 0.29) is 0 Å². The van der Waals surface area contributed by atoms with Crippen LogP contribution < -0.4 is 10.6 Å². The van der Waals surface area contributed by atoms with Gasteiger partial charge in [0.2, 0.25) is 0 Å². The average Bonchev–Trinajstić information content (AvgIpc) is 3.16. The Kier molecular flexibility index (Phi) is 6.69. The number of hydrogen-bond acceptors (Lipinski definition) is 4. The van der Waals surface area contributed by atoms with Crippen molar-refractivity contribution >= 4 is 28.6 Å². The third kappa shape index (κ3) is 5.47. The lowest BCUT2D eigenvalue weighted by molar-refractivity contribution is 0.789. The molecule has 0 atom stereocenters. The minimum atomic E-state index is 0.718. The maximum absolute atomic E-state index is 4.59. The van der Waals surface area contributed by atoms with Gasteiger partial charge in [0.1, 0.15) is 0 Å². The van der Waals surface area contributed by atoms with Gasteiger partial charge < -0.3 is 10.6 Å². The first-order valence-corrected chi connectivity index (χ1v) is 9.10. The normalized spacial score (nSPS) is 11.6. The maximum atomic E-state index is 4.59. The molecule has 0 aromatic carbocycles. The molecular formula is C15H22N4S2. The van der Waals surface area contributed by atoms with E-state index in [0.29, 0.717) is 0 Å². The number of thiazole rings is 1. The molecule has 21 heavy (non-hydrogen) atoms. The van der Waals surface area contributed by atoms with Gasteiger partial charge in [-0.3, -0.25) is 0 Å². The minimum absolute atomic E-state index is 0.718. The van der Waals surface area contributed by atoms with E-state index in [0.717, 1.165) is 44.1 Å². The predicted molar refractivity (Wildman–Crippen MR) is 92.3 cm³/mol. The number of guanidine groups is 1. The Labute approximate surface area is 134 Å². The monoisotopic (exact) mass is 322 g/mol. The van der Waals surface area contributed by atoms with E-state index in [1.165, 1.54) is 10.6 Å². The lowest BCUT2D eigenvalue weighted by atomic mass is 10.3. The molecule has 2 N–H and O–H groups in total. The van der Waals surface area contributed by atoms with Gasteiger partial charge in [-0.05, 0) is 35.7 Å². The highest BCUT2D eigenvalue weighted by Crippen LogP contribution is 2.10. The number of rotatable bonds is 7. The van der Waals surface area contributed by atoms with E-state index in [1.54, 1.807) is 22.7 Å². The van der Waals surface area contributed by atoms with Crippen molar-refractivity contribution in [3.05, 3.63) is 38.5 Å². The Morgan fingerprint density at radius 1 is 1.29 bits per heavy atom. The van der Waals surface area contributed by atoms with Gasteiger partial charge in [-0.15, -0.1) is 11.3 Å². The smallest absolute Gasteiger partial charge is 0.191 e. The molecule has 0 unspecified atom stereocenters. The van der Waals surface area contributed by atoms with Crippen LogP contribution in [0.4, 0.5) is 0 Å². The standard InChI is InChI=1S/C15H22N4S2/c1-3-14-19-13(11-21-14)5-7-17-15(16-4-2)18-9-12-6-8-20-10-12/h6,8,10-11H,3-5,7,9H2,1-2H3,(H2,16,17,18). The topological polar surface area (TPSA) is 49.3 Å². The van der Waals surface area contributed by atoms with Gasteiger partial charge in [0.25, 0.3) is 0 Å². The second kappa shape index (κ2) is 8.79. The highest BCUT2D eigenvalue weighted by molar-refractivity contribution is 7.09. The zero-order valence-corrected chi connectivity index (χ0v) is 14.2. The molecule has 114 valence electrons. The fourth-order valence-electron chi connectivity index (χ4n) is 1.83. The van der Waals surface area contributed by atoms with Crippen LogP contribution in [-0.2, 0) is 19.4 Å². The number of aliphatic imine (C=N–C) groups is 1. The fraction of sp³-hybridized carbons (Fsp3) is 0.467. The molecule has 0 spiro atoms. The van der Waals surface area contributed by atoms with Crippen LogP contribution in [0.2, 0.25) is 0 Å². The number of nitrogens with zero attached hydrogens (tertiary/aromatic N) is 2. The number of aryl methyl sites for hydroxylation is 1. The van der Waals surface area contributed by atoms with E-state index in [1.807, 2.05) is 0 Å². The van der Waals surface area contributed by atoms with Gasteiger partial charge in [-0.1, -0.05) is 6.92 Å². The SMILES string of the molecule is CCNC(=NCc1ccsc1)NCCc1csc(CC)n1. The molecule has 0 bridgehead atoms. The Hall–Kier alpha value is -1.40. The first kappa shape index (κ1) is 16.0. The van der Waals surface area contributed by atoms with Crippen LogP contribution in [0.5, 0.6) is 0 Å². The summed E-state index contributed by atoms with van der Waals surface area (Å²) in [6.07, 6.45) is 1.95. The molecule has 4 nitrogen and oxygen atoms in total. The molecule has 2 aromatic heterocycles. The van der Waals surface area contributed by atoms with Crippen molar-refractivity contribution < 1.29 is 0 Å². The van der Waals surface area contributed by atoms with Crippen molar-refractivity contribution in [3.63, 3.8) is 0 Å². The first-order chi connectivity index (χ1) is 10.3. The van der Waals surface area contributed by atoms with Crippen molar-refractivity contribution in [2.45, 2.75) is 33.2 Å². The van der Waals surface area contributed by atoms with E-state index >= 15 is 0 Å². The zero-order valence-electron chi connectivity index (χ0n) is 12.6. The molecule has 0 fully saturated rings. The number of aromatic nitrogens is 1. The molecule has 0 aliphatic carbocycles. The van der Waals surface area contributed by atoms with E-state index < -0.39 is 0 Å². The second-order valence-corrected chi connectivity index (χ2v) is 6.31. The summed E-state index contributed by atoms with van der Waals surface area (Å²) in [6.45, 7) is 6.65. The highest BCUT2D eigenvalue weighted by Gasteiger charge is 2.02. The van der Waals surface area contributed by atoms with E-state index in [4.69, 9.17) is 0 Å². The van der Waals surface area contributed by atoms with Crippen molar-refractivity contribution in [1.82, 2.24) is 15.6 Å². The van der Waals surface area contributed by atoms with Crippen LogP contribution >= 0.6 is 22.7 Å². The molecule has 0 saturated carbocycles. The third-order valence-corrected chi connectivity index (χ3v) is 4.69. The van der Waals surface area contributed by atoms with Crippen molar-refractivity contribution in [2.24, 2.45) is 4.99 Å². The van der Waals surface area contributed by atoms with Crippen LogP contribution in [0.15, 0.2) is 27.2 Å². The predicted octanol–water partition coefficient (Wildman–Crippen LogP) is 3.06. The third-order valence-electron chi connectivity index (χ3n) is 2.92. The lowest BCUT2D eigenvalue weighted by Crippen LogP contribution is -2.38. The van der Waals surface area contributed by atoms with Gasteiger partial charge in [0.05, 0.1) is 17.2 Å². The summed E-state index contributed by atoms with van der Waals surface area (Å²) in [5.74, 6) is 0.870. The molecule has 0 radical (unpaired) electrons. The summed E-state index contributed by atoms with van der Waals surface area (Å²) >= 11 is 3.45. The molecule has 0 saturated heterocycles. The van der Waals surface area contributed by atoms with Crippen LogP contribution in [-0.4, -0.2) is 24.0 Å². The summed E-state index contributed by atoms with van der Waals surface area (Å²) in [5, 5.41) is 14.2. The Morgan fingerprint density at radius 3 is 2.86 bits per heavy atom. The van der Waals surface area contributed by atoms with Gasteiger partial charge in [0, 0.05) is 24.9 Å². The van der Waals surface area contributed by atoms with Gasteiger partial charge in [0.15, 0.2) is 5.96 Å². The lowest BCUT2D eigenvalue weighted by Gasteiger charge is -2.10. The van der Waals surface area contributed by atoms with Gasteiger partial charge >= 0.3 is 0 Å². The van der Waals surface area contributed by atoms with Crippen molar-refractivity contribution in [2.75, 3.05) is 13.1 Å². The van der Waals surface area contributed by atoms with Gasteiger partial charge in [-0.25, -0.2) is 9.98 Å². The van der Waals surface area contributed by atoms with Crippen LogP contribution in [0, 0.1) is 0 Å². The minimum Gasteiger partial charge on any atom is -0.357 e. The molecular weight excluding hydrogens is 300 g/mol. The molecule has 2 rings (SSSR count). The van der Waals surface area contributed by atoms with Crippen LogP contribution in [0.1, 0.15) is 30.1 Å². The molecule has 2 heterocycles. The fourth-order valence-corrected chi connectivity index (χ4v) is 3.27. The molecule has 0 aliphatic rings. The summed E-state index contributed by atoms with van der Waals surface area (Å²) < 4.78 is 0. The largest absolute Gasteiger partial charge is 0.357 e. The van der Waals surface area contributed by atoms with E-state index in [9.17, 15) is 0 Å². The highest BCUT2D eigenvalue weighted by atomic mass is 32.1. The summed E-state index contributed by atoms with van der Waals surface area (Å²) in [7, 11) is 0. The van der Waals surface area contributed by atoms with Gasteiger partial charge in [-0.2, -0.15) is 11.3 Å². The van der Waals surface area contributed by atoms with Crippen molar-refractivity contribution in [1.29, 1.82) is 0 Å². The maximum Gasteiger partial charge on any atom is 0.191 e. The number of nitrogens with one attached hydrogen (secondary N) is 2. The first-order valence-electron chi connectivity index (χ1n) is 7.28. The summed E-state index contributed by atoms with van der Waals surface area (Å²) in [5.41, 5.74) is 2.42. The van der Waals surface area contributed by atoms with Crippen LogP contribution in [0.25, 0.3) is 0 Å². The average molecular weight is 323 g/mol. The molecule has 6 heteroatoms.